The van der Waals surface area contributed by atoms with Crippen LogP contribution in [0.15, 0.2) is 53.5 Å². The van der Waals surface area contributed by atoms with E-state index >= 15 is 0 Å². The van der Waals surface area contributed by atoms with E-state index < -0.39 is 6.09 Å². The number of fused-ring (bicyclic) bond motifs is 1. The van der Waals surface area contributed by atoms with Gasteiger partial charge in [0, 0.05) is 33.4 Å². The van der Waals surface area contributed by atoms with E-state index in [2.05, 4.69) is 4.90 Å². The number of carbonyl (C=O) groups excluding carboxylic acids is 1. The lowest BCUT2D eigenvalue weighted by Gasteiger charge is -2.41. The zero-order valence-corrected chi connectivity index (χ0v) is 22.7. The van der Waals surface area contributed by atoms with Crippen LogP contribution in [0.5, 0.6) is 11.5 Å². The number of benzene rings is 2. The molecule has 1 aliphatic carbocycles. The van der Waals surface area contributed by atoms with Crippen LogP contribution in [0.25, 0.3) is 0 Å². The third kappa shape index (κ3) is 6.96. The highest BCUT2D eigenvalue weighted by molar-refractivity contribution is 5.84. The third-order valence-corrected chi connectivity index (χ3v) is 7.43. The van der Waals surface area contributed by atoms with E-state index in [1.807, 2.05) is 48.5 Å². The molecule has 9 heteroatoms. The van der Waals surface area contributed by atoms with Crippen LogP contribution in [0.1, 0.15) is 37.7 Å². The van der Waals surface area contributed by atoms with Crippen LogP contribution >= 0.6 is 0 Å². The minimum Gasteiger partial charge on any atom is -0.457 e. The fourth-order valence-corrected chi connectivity index (χ4v) is 5.29. The monoisotopic (exact) mass is 524 g/mol. The Bertz CT molecular complexity index is 1070. The molecule has 38 heavy (non-hydrogen) atoms. The molecule has 0 bridgehead atoms. The van der Waals surface area contributed by atoms with Crippen molar-refractivity contribution in [3.63, 3.8) is 0 Å². The summed E-state index contributed by atoms with van der Waals surface area (Å²) in [4.78, 5) is 21.3. The quantitative estimate of drug-likeness (QED) is 0.445. The molecule has 0 saturated heterocycles. The number of para-hydroxylation sites is 1. The Kier molecular flexibility index (Phi) is 9.84. The number of nitrogens with two attached hydrogens (primary N) is 1. The Hall–Kier alpha value is -3.30. The summed E-state index contributed by atoms with van der Waals surface area (Å²) in [7, 11) is 4.92. The first kappa shape index (κ1) is 27.7. The third-order valence-electron chi connectivity index (χ3n) is 7.43. The van der Waals surface area contributed by atoms with Crippen molar-refractivity contribution in [2.75, 3.05) is 41.1 Å². The normalized spacial score (nSPS) is 16.5. The number of amides is 1. The highest BCUT2D eigenvalue weighted by Gasteiger charge is 2.34. The maximum atomic E-state index is 13.0. The fraction of sp³-hybridized carbons (Fsp3) is 0.517. The molecule has 1 aliphatic heterocycles. The number of nitrogens with zero attached hydrogens (tertiary/aromatic N) is 3. The molecule has 9 nitrogen and oxygen atoms in total. The number of hydrogen-bond donors (Lipinski definition) is 1. The number of ether oxygens (including phenoxy) is 4. The average Bonchev–Trinajstić information content (AvgIpc) is 2.94. The molecule has 1 saturated carbocycles. The van der Waals surface area contributed by atoms with Crippen LogP contribution in [0.4, 0.5) is 10.5 Å². The summed E-state index contributed by atoms with van der Waals surface area (Å²) in [6, 6.07) is 15.3. The lowest BCUT2D eigenvalue weighted by molar-refractivity contribution is 0.0215. The molecule has 4 rings (SSSR count). The summed E-state index contributed by atoms with van der Waals surface area (Å²) in [6.07, 6.45) is 5.29. The van der Waals surface area contributed by atoms with Crippen molar-refractivity contribution >= 4 is 17.7 Å². The minimum absolute atomic E-state index is 0.0773. The summed E-state index contributed by atoms with van der Waals surface area (Å²) in [5, 5.41) is 0. The number of likely N-dealkylation sites (N-methyl/N-ethyl adjacent to an activating group) is 1. The van der Waals surface area contributed by atoms with E-state index in [4.69, 9.17) is 29.7 Å². The van der Waals surface area contributed by atoms with Gasteiger partial charge in [0.1, 0.15) is 18.1 Å². The number of methoxy groups -OCH3 is 2. The van der Waals surface area contributed by atoms with Gasteiger partial charge in [-0.05, 0) is 49.1 Å². The predicted octanol–water partition coefficient (Wildman–Crippen LogP) is 4.92. The van der Waals surface area contributed by atoms with Gasteiger partial charge in [-0.25, -0.2) is 9.79 Å². The SMILES string of the molecule is COCC(COC)N(C)C(=O)OCC(C1CCCCC1)N1Cc2cc(Oc3ccccc3)ccc2N=C1N. The molecule has 2 aromatic rings. The van der Waals surface area contributed by atoms with Crippen LogP contribution < -0.4 is 10.5 Å². The smallest absolute Gasteiger partial charge is 0.409 e. The molecular formula is C29H40N4O5. The van der Waals surface area contributed by atoms with Gasteiger partial charge in [0.15, 0.2) is 5.96 Å². The number of guanidine groups is 1. The first-order valence-corrected chi connectivity index (χ1v) is 13.3. The maximum absolute atomic E-state index is 13.0. The van der Waals surface area contributed by atoms with Crippen molar-refractivity contribution in [2.45, 2.75) is 50.7 Å². The lowest BCUT2D eigenvalue weighted by atomic mass is 9.83. The predicted molar refractivity (Wildman–Crippen MR) is 147 cm³/mol. The molecule has 1 fully saturated rings. The lowest BCUT2D eigenvalue weighted by Crippen LogP contribution is -2.52. The molecule has 2 aliphatic rings. The summed E-state index contributed by atoms with van der Waals surface area (Å²) >= 11 is 0. The van der Waals surface area contributed by atoms with Gasteiger partial charge in [0.05, 0.1) is 31.0 Å². The van der Waals surface area contributed by atoms with Crippen LogP contribution in [0, 0.1) is 5.92 Å². The largest absolute Gasteiger partial charge is 0.457 e. The van der Waals surface area contributed by atoms with Crippen molar-refractivity contribution in [2.24, 2.45) is 16.6 Å². The Balaban J connectivity index is 1.50. The summed E-state index contributed by atoms with van der Waals surface area (Å²) < 4.78 is 22.5. The molecule has 0 aromatic heterocycles. The Morgan fingerprint density at radius 2 is 1.74 bits per heavy atom. The van der Waals surface area contributed by atoms with Gasteiger partial charge in [0.2, 0.25) is 0 Å². The summed E-state index contributed by atoms with van der Waals surface area (Å²) in [5.74, 6) is 2.33. The second-order valence-corrected chi connectivity index (χ2v) is 10.0. The van der Waals surface area contributed by atoms with Crippen LogP contribution in [0.2, 0.25) is 0 Å². The Labute approximate surface area is 225 Å². The van der Waals surface area contributed by atoms with E-state index in [0.717, 1.165) is 48.4 Å². The highest BCUT2D eigenvalue weighted by Crippen LogP contribution is 2.35. The van der Waals surface area contributed by atoms with E-state index in [1.54, 1.807) is 26.2 Å². The molecule has 1 unspecified atom stereocenters. The standard InChI is InChI=1S/C29H40N4O5/c1-32(23(18-35-2)19-36-3)29(34)37-20-27(21-10-6-4-7-11-21)33-17-22-16-25(14-15-26(22)31-28(33)30)38-24-12-8-5-9-13-24/h5,8-9,12-16,21,23,27H,4,6-7,10-11,17-20H2,1-3H3,(H2,30,31). The molecule has 2 N–H and O–H groups in total. The molecule has 206 valence electrons. The zero-order valence-electron chi connectivity index (χ0n) is 22.7. The average molecular weight is 525 g/mol. The molecular weight excluding hydrogens is 484 g/mol. The van der Waals surface area contributed by atoms with Crippen LogP contribution in [0.3, 0.4) is 0 Å². The van der Waals surface area contributed by atoms with Gasteiger partial charge in [-0.1, -0.05) is 37.5 Å². The fourth-order valence-electron chi connectivity index (χ4n) is 5.29. The molecule has 1 amide bonds. The first-order chi connectivity index (χ1) is 18.5. The van der Waals surface area contributed by atoms with Crippen molar-refractivity contribution in [3.8, 4) is 11.5 Å². The molecule has 1 heterocycles. The number of hydrogen-bond acceptors (Lipinski definition) is 8. The second-order valence-electron chi connectivity index (χ2n) is 10.0. The van der Waals surface area contributed by atoms with Crippen molar-refractivity contribution < 1.29 is 23.7 Å². The molecule has 0 spiro atoms. The van der Waals surface area contributed by atoms with E-state index in [-0.39, 0.29) is 18.7 Å². The van der Waals surface area contributed by atoms with Crippen molar-refractivity contribution in [3.05, 3.63) is 54.1 Å². The topological polar surface area (TPSA) is 98.8 Å². The van der Waals surface area contributed by atoms with E-state index in [9.17, 15) is 4.79 Å². The minimum atomic E-state index is -0.406. The van der Waals surface area contributed by atoms with Crippen LogP contribution in [-0.4, -0.2) is 75.0 Å². The molecule has 2 aromatic carbocycles. The Morgan fingerprint density at radius 3 is 2.42 bits per heavy atom. The van der Waals surface area contributed by atoms with Gasteiger partial charge in [-0.2, -0.15) is 0 Å². The van der Waals surface area contributed by atoms with Gasteiger partial charge in [0.25, 0.3) is 0 Å². The number of aliphatic imine (C=N–C) groups is 1. The second kappa shape index (κ2) is 13.5. The highest BCUT2D eigenvalue weighted by atomic mass is 16.6. The van der Waals surface area contributed by atoms with Gasteiger partial charge >= 0.3 is 6.09 Å². The van der Waals surface area contributed by atoms with Crippen LogP contribution in [-0.2, 0) is 20.8 Å². The van der Waals surface area contributed by atoms with E-state index in [0.29, 0.717) is 31.6 Å². The van der Waals surface area contributed by atoms with E-state index in [1.165, 1.54) is 6.42 Å². The number of rotatable bonds is 11. The van der Waals surface area contributed by atoms with Gasteiger partial charge < -0.3 is 34.5 Å². The zero-order chi connectivity index (χ0) is 26.9. The summed E-state index contributed by atoms with van der Waals surface area (Å²) in [5.41, 5.74) is 8.38. The van der Waals surface area contributed by atoms with Crippen molar-refractivity contribution in [1.29, 1.82) is 0 Å². The van der Waals surface area contributed by atoms with Gasteiger partial charge in [-0.15, -0.1) is 0 Å². The Morgan fingerprint density at radius 1 is 1.03 bits per heavy atom. The van der Waals surface area contributed by atoms with Crippen molar-refractivity contribution in [1.82, 2.24) is 9.80 Å². The first-order valence-electron chi connectivity index (χ1n) is 13.3. The maximum Gasteiger partial charge on any atom is 0.409 e. The molecule has 0 radical (unpaired) electrons. The molecule has 1 atom stereocenters. The van der Waals surface area contributed by atoms with Gasteiger partial charge in [-0.3, -0.25) is 0 Å². The summed E-state index contributed by atoms with van der Waals surface area (Å²) in [6.45, 7) is 1.52. The number of carbonyl (C=O) groups is 1.